The van der Waals surface area contributed by atoms with Gasteiger partial charge < -0.3 is 15.0 Å². The van der Waals surface area contributed by atoms with Crippen molar-refractivity contribution in [2.75, 3.05) is 31.1 Å². The van der Waals surface area contributed by atoms with Gasteiger partial charge in [-0.25, -0.2) is 9.78 Å². The summed E-state index contributed by atoms with van der Waals surface area (Å²) in [5.74, 6) is 1.10. The molecule has 11 heteroatoms. The van der Waals surface area contributed by atoms with Crippen LogP contribution in [0.3, 0.4) is 0 Å². The van der Waals surface area contributed by atoms with Gasteiger partial charge in [0.2, 0.25) is 0 Å². The number of ether oxygens (including phenoxy) is 1. The monoisotopic (exact) mass is 458 g/mol. The van der Waals surface area contributed by atoms with Crippen LogP contribution in [0.4, 0.5) is 23.8 Å². The lowest BCUT2D eigenvalue weighted by molar-refractivity contribution is -0.137. The molecule has 0 spiro atoms. The van der Waals surface area contributed by atoms with E-state index in [0.717, 1.165) is 47.7 Å². The Morgan fingerprint density at radius 1 is 1.06 bits per heavy atom. The molecule has 3 aromatic rings. The molecule has 0 aliphatic carbocycles. The molecule has 4 heterocycles. The zero-order valence-electron chi connectivity index (χ0n) is 17.5. The van der Waals surface area contributed by atoms with Crippen molar-refractivity contribution in [2.24, 2.45) is 0 Å². The van der Waals surface area contributed by atoms with E-state index < -0.39 is 17.8 Å². The summed E-state index contributed by atoms with van der Waals surface area (Å²) < 4.78 is 43.4. The van der Waals surface area contributed by atoms with Crippen molar-refractivity contribution in [2.45, 2.75) is 19.3 Å². The Morgan fingerprint density at radius 2 is 1.88 bits per heavy atom. The fraction of sp³-hybridized carbons (Fsp3) is 0.318. The maximum absolute atomic E-state index is 12.8. The number of nitrogens with one attached hydrogen (secondary N) is 2. The van der Waals surface area contributed by atoms with Crippen LogP contribution in [0.2, 0.25) is 0 Å². The van der Waals surface area contributed by atoms with Gasteiger partial charge in [-0.3, -0.25) is 10.00 Å². The number of amides is 1. The molecule has 5 rings (SSSR count). The molecule has 2 aliphatic heterocycles. The maximum atomic E-state index is 12.8. The van der Waals surface area contributed by atoms with Crippen molar-refractivity contribution >= 4 is 11.9 Å². The summed E-state index contributed by atoms with van der Waals surface area (Å²) in [5, 5.41) is 9.93. The first-order chi connectivity index (χ1) is 15.9. The summed E-state index contributed by atoms with van der Waals surface area (Å²) in [6, 6.07) is 8.14. The van der Waals surface area contributed by atoms with Crippen molar-refractivity contribution in [1.82, 2.24) is 25.4 Å². The Bertz CT molecular complexity index is 1150. The molecule has 0 bridgehead atoms. The molecule has 1 saturated heterocycles. The number of fused-ring (bicyclic) bond motifs is 1. The van der Waals surface area contributed by atoms with Crippen LogP contribution in [0.5, 0.6) is 5.75 Å². The third-order valence-electron chi connectivity index (χ3n) is 5.86. The number of piperazine rings is 1. The molecule has 2 N–H and O–H groups in total. The van der Waals surface area contributed by atoms with E-state index in [1.165, 1.54) is 6.07 Å². The number of carbonyl (C=O) groups is 1. The van der Waals surface area contributed by atoms with Gasteiger partial charge in [-0.05, 0) is 30.3 Å². The summed E-state index contributed by atoms with van der Waals surface area (Å²) in [7, 11) is 0. The average molecular weight is 458 g/mol. The highest BCUT2D eigenvalue weighted by molar-refractivity contribution is 5.74. The van der Waals surface area contributed by atoms with Gasteiger partial charge in [0.25, 0.3) is 0 Å². The molecule has 0 atom stereocenters. The van der Waals surface area contributed by atoms with Gasteiger partial charge >= 0.3 is 12.3 Å². The first-order valence-corrected chi connectivity index (χ1v) is 10.5. The van der Waals surface area contributed by atoms with Crippen LogP contribution in [-0.2, 0) is 19.3 Å². The molecule has 0 saturated carbocycles. The third kappa shape index (κ3) is 4.49. The molecule has 172 valence electrons. The van der Waals surface area contributed by atoms with Crippen LogP contribution in [0.15, 0.2) is 42.7 Å². The van der Waals surface area contributed by atoms with Gasteiger partial charge in [0, 0.05) is 62.2 Å². The van der Waals surface area contributed by atoms with Gasteiger partial charge in [-0.1, -0.05) is 0 Å². The lowest BCUT2D eigenvalue weighted by atomic mass is 10.0. The summed E-state index contributed by atoms with van der Waals surface area (Å²) in [4.78, 5) is 19.6. The minimum Gasteiger partial charge on any atom is -0.410 e. The average Bonchev–Trinajstić information content (AvgIpc) is 3.27. The van der Waals surface area contributed by atoms with Crippen molar-refractivity contribution in [3.63, 3.8) is 0 Å². The van der Waals surface area contributed by atoms with Gasteiger partial charge in [0.1, 0.15) is 11.6 Å². The first kappa shape index (κ1) is 21.3. The number of aromatic amines is 1. The van der Waals surface area contributed by atoms with Crippen LogP contribution in [0.25, 0.3) is 11.3 Å². The number of anilines is 1. The van der Waals surface area contributed by atoms with Crippen molar-refractivity contribution in [1.29, 1.82) is 0 Å². The second-order valence-corrected chi connectivity index (χ2v) is 8.00. The largest absolute Gasteiger partial charge is 0.417 e. The number of rotatable bonds is 4. The van der Waals surface area contributed by atoms with Crippen molar-refractivity contribution < 1.29 is 22.7 Å². The number of halogens is 3. The van der Waals surface area contributed by atoms with E-state index in [9.17, 15) is 18.0 Å². The molecular formula is C22H21F3N6O2. The minimum atomic E-state index is -4.38. The van der Waals surface area contributed by atoms with E-state index in [4.69, 9.17) is 4.74 Å². The number of H-pyrrole nitrogens is 1. The highest BCUT2D eigenvalue weighted by Gasteiger charge is 2.31. The zero-order valence-corrected chi connectivity index (χ0v) is 17.5. The number of aromatic nitrogens is 3. The Labute approximate surface area is 187 Å². The van der Waals surface area contributed by atoms with E-state index >= 15 is 0 Å². The van der Waals surface area contributed by atoms with Crippen molar-refractivity contribution in [3.05, 3.63) is 59.4 Å². The molecule has 1 amide bonds. The van der Waals surface area contributed by atoms with Crippen LogP contribution >= 0.6 is 0 Å². The first-order valence-electron chi connectivity index (χ1n) is 10.5. The SMILES string of the molecule is O=C1NCc2cc(-c3[nH]ncc3CN3CCN(c4ccc(C(F)(F)F)cn4)CC3)ccc2O1. The fourth-order valence-corrected chi connectivity index (χ4v) is 4.07. The van der Waals surface area contributed by atoms with E-state index in [-0.39, 0.29) is 0 Å². The normalized spacial score (nSPS) is 16.8. The zero-order chi connectivity index (χ0) is 23.0. The molecule has 1 fully saturated rings. The second kappa shape index (κ2) is 8.39. The Balaban J connectivity index is 1.23. The van der Waals surface area contributed by atoms with E-state index in [1.54, 1.807) is 12.3 Å². The Kier molecular flexibility index (Phi) is 5.41. The summed E-state index contributed by atoms with van der Waals surface area (Å²) >= 11 is 0. The number of pyridine rings is 1. The van der Waals surface area contributed by atoms with E-state index in [2.05, 4.69) is 25.4 Å². The molecule has 8 nitrogen and oxygen atoms in total. The number of nitrogens with zero attached hydrogens (tertiary/aromatic N) is 4. The minimum absolute atomic E-state index is 0.408. The van der Waals surface area contributed by atoms with Crippen molar-refractivity contribution in [3.8, 4) is 17.0 Å². The molecule has 2 aliphatic rings. The molecule has 33 heavy (non-hydrogen) atoms. The Hall–Kier alpha value is -3.60. The molecule has 0 unspecified atom stereocenters. The van der Waals surface area contributed by atoms with E-state index in [1.807, 2.05) is 17.0 Å². The van der Waals surface area contributed by atoms with Gasteiger partial charge in [0.05, 0.1) is 17.5 Å². The lowest BCUT2D eigenvalue weighted by Gasteiger charge is -2.35. The predicted molar refractivity (Wildman–Crippen MR) is 114 cm³/mol. The smallest absolute Gasteiger partial charge is 0.410 e. The van der Waals surface area contributed by atoms with Crippen LogP contribution in [0.1, 0.15) is 16.7 Å². The molecule has 2 aromatic heterocycles. The third-order valence-corrected chi connectivity index (χ3v) is 5.86. The molecule has 1 aromatic carbocycles. The van der Waals surface area contributed by atoms with Gasteiger partial charge in [-0.15, -0.1) is 0 Å². The number of carbonyl (C=O) groups excluding carboxylic acids is 1. The summed E-state index contributed by atoms with van der Waals surface area (Å²) in [6.07, 6.45) is -2.15. The maximum Gasteiger partial charge on any atom is 0.417 e. The van der Waals surface area contributed by atoms with Crippen LogP contribution in [-0.4, -0.2) is 52.4 Å². The number of benzene rings is 1. The lowest BCUT2D eigenvalue weighted by Crippen LogP contribution is -2.46. The van der Waals surface area contributed by atoms with Gasteiger partial charge in [0.15, 0.2) is 0 Å². The van der Waals surface area contributed by atoms with E-state index in [0.29, 0.717) is 37.7 Å². The predicted octanol–water partition coefficient (Wildman–Crippen LogP) is 3.41. The number of alkyl halides is 3. The second-order valence-electron chi connectivity index (χ2n) is 8.00. The van der Waals surface area contributed by atoms with Gasteiger partial charge in [-0.2, -0.15) is 18.3 Å². The molecular weight excluding hydrogens is 437 g/mol. The standard InChI is InChI=1S/C22H21F3N6O2/c23-22(24,25)17-2-4-19(26-12-17)31-7-5-30(6-8-31)13-16-11-28-29-20(16)14-1-3-18-15(9-14)10-27-21(32)33-18/h1-4,9,11-12H,5-8,10,13H2,(H,27,32)(H,28,29). The van der Waals surface area contributed by atoms with Crippen LogP contribution in [0, 0.1) is 0 Å². The topological polar surface area (TPSA) is 86.4 Å². The Morgan fingerprint density at radius 3 is 2.61 bits per heavy atom. The van der Waals surface area contributed by atoms with Crippen LogP contribution < -0.4 is 15.0 Å². The molecule has 0 radical (unpaired) electrons. The quantitative estimate of drug-likeness (QED) is 0.623. The highest BCUT2D eigenvalue weighted by atomic mass is 19.4. The summed E-state index contributed by atoms with van der Waals surface area (Å²) in [5.41, 5.74) is 3.05. The number of hydrogen-bond donors (Lipinski definition) is 2. The number of hydrogen-bond acceptors (Lipinski definition) is 6. The highest BCUT2D eigenvalue weighted by Crippen LogP contribution is 2.31. The summed E-state index contributed by atoms with van der Waals surface area (Å²) in [6.45, 7) is 3.92. The fourth-order valence-electron chi connectivity index (χ4n) is 4.07.